The van der Waals surface area contributed by atoms with Crippen molar-refractivity contribution in [1.82, 2.24) is 9.97 Å². The van der Waals surface area contributed by atoms with Crippen LogP contribution in [0.25, 0.3) is 20.4 Å². The van der Waals surface area contributed by atoms with Crippen LogP contribution in [0.2, 0.25) is 0 Å². The zero-order chi connectivity index (χ0) is 7.97. The summed E-state index contributed by atoms with van der Waals surface area (Å²) < 4.78 is 1.28. The number of nitrogens with one attached hydrogen (secondary N) is 1. The predicted molar refractivity (Wildman–Crippen MR) is 50.3 cm³/mol. The largest absolute Gasteiger partial charge is 0.334 e. The number of aromatic nitrogens is 2. The second kappa shape index (κ2) is 2.08. The fourth-order valence-electron chi connectivity index (χ4n) is 1.37. The molecule has 12 heavy (non-hydrogen) atoms. The molecule has 2 heterocycles. The van der Waals surface area contributed by atoms with E-state index in [4.69, 9.17) is 0 Å². The summed E-state index contributed by atoms with van der Waals surface area (Å²) in [6.07, 6.45) is 2.75. The molecular weight excluding hydrogens is 168 g/mol. The average Bonchev–Trinajstić information content (AvgIpc) is 2.62. The zero-order valence-corrected chi connectivity index (χ0v) is 6.98. The van der Waals surface area contributed by atoms with Gasteiger partial charge in [0.05, 0.1) is 5.52 Å². The summed E-state index contributed by atoms with van der Waals surface area (Å²) in [5.74, 6) is 0. The van der Waals surface area contributed by atoms with Crippen molar-refractivity contribution < 1.29 is 0 Å². The number of thiophene rings is 1. The van der Waals surface area contributed by atoms with Gasteiger partial charge in [0, 0.05) is 10.1 Å². The van der Waals surface area contributed by atoms with Crippen LogP contribution in [0.4, 0.5) is 0 Å². The fraction of sp³-hybridized carbons (Fsp3) is 0. The first-order valence-corrected chi connectivity index (χ1v) is 4.50. The maximum atomic E-state index is 4.09. The molecule has 3 heteroatoms. The molecule has 57 valence electrons. The molecule has 0 saturated heterocycles. The smallest absolute Gasteiger partial charge is 0.175 e. The molecule has 0 saturated carbocycles. The van der Waals surface area contributed by atoms with Gasteiger partial charge in [-0.2, -0.15) is 0 Å². The number of fused-ring (bicyclic) bond motifs is 3. The Labute approximate surface area is 72.9 Å². The monoisotopic (exact) mass is 173 g/mol. The third kappa shape index (κ3) is 0.662. The van der Waals surface area contributed by atoms with Crippen molar-refractivity contribution in [3.63, 3.8) is 0 Å². The van der Waals surface area contributed by atoms with Gasteiger partial charge < -0.3 is 4.98 Å². The van der Waals surface area contributed by atoms with Gasteiger partial charge in [-0.05, 0) is 6.07 Å². The number of imidazole rings is 1. The number of nitrogens with zero attached hydrogens (tertiary/aromatic N) is 1. The highest BCUT2D eigenvalue weighted by atomic mass is 32.1. The van der Waals surface area contributed by atoms with Gasteiger partial charge in [-0.25, -0.2) is 4.98 Å². The third-order valence-electron chi connectivity index (χ3n) is 1.92. The summed E-state index contributed by atoms with van der Waals surface area (Å²) in [4.78, 5) is 8.15. The van der Waals surface area contributed by atoms with Crippen molar-refractivity contribution >= 4 is 31.8 Å². The van der Waals surface area contributed by atoms with Crippen LogP contribution in [-0.2, 0) is 0 Å². The number of hydrogen-bond acceptors (Lipinski definition) is 2. The van der Waals surface area contributed by atoms with Crippen molar-refractivity contribution in [3.05, 3.63) is 30.6 Å². The Morgan fingerprint density at radius 2 is 2.25 bits per heavy atom. The van der Waals surface area contributed by atoms with Gasteiger partial charge in [-0.1, -0.05) is 18.2 Å². The summed E-state index contributed by atoms with van der Waals surface area (Å²) in [6.45, 7) is 0. The number of H-pyrrole nitrogens is 1. The molecule has 0 amide bonds. The van der Waals surface area contributed by atoms with Gasteiger partial charge in [0.2, 0.25) is 0 Å². The van der Waals surface area contributed by atoms with Crippen molar-refractivity contribution in [2.45, 2.75) is 0 Å². The minimum Gasteiger partial charge on any atom is -0.334 e. The quantitative estimate of drug-likeness (QED) is 0.556. The van der Waals surface area contributed by atoms with E-state index in [9.17, 15) is 0 Å². The van der Waals surface area contributed by atoms with Crippen LogP contribution in [-0.4, -0.2) is 9.97 Å². The first-order chi connectivity index (χ1) is 5.95. The second-order valence-electron chi connectivity index (χ2n) is 2.63. The van der Waals surface area contributed by atoms with Crippen LogP contribution in [0.1, 0.15) is 0 Å². The molecule has 0 aliphatic rings. The molecule has 1 radical (unpaired) electrons. The molecule has 3 aromatic rings. The molecule has 2 nitrogen and oxygen atoms in total. The molecule has 0 aliphatic heterocycles. The Kier molecular flexibility index (Phi) is 1.07. The number of hydrogen-bond donors (Lipinski definition) is 1. The van der Waals surface area contributed by atoms with Crippen LogP contribution in [0.3, 0.4) is 0 Å². The lowest BCUT2D eigenvalue weighted by molar-refractivity contribution is 1.32. The third-order valence-corrected chi connectivity index (χ3v) is 2.98. The van der Waals surface area contributed by atoms with E-state index in [-0.39, 0.29) is 0 Å². The van der Waals surface area contributed by atoms with E-state index in [0.29, 0.717) is 0 Å². The Morgan fingerprint density at radius 1 is 1.33 bits per heavy atom. The van der Waals surface area contributed by atoms with Gasteiger partial charge >= 0.3 is 0 Å². The minimum absolute atomic E-state index is 1.04. The first kappa shape index (κ1) is 6.20. The van der Waals surface area contributed by atoms with Crippen LogP contribution in [0, 0.1) is 6.33 Å². The van der Waals surface area contributed by atoms with Gasteiger partial charge in [0.25, 0.3) is 0 Å². The molecule has 2 aromatic heterocycles. The van der Waals surface area contributed by atoms with Gasteiger partial charge in [0.15, 0.2) is 6.33 Å². The Morgan fingerprint density at radius 3 is 3.25 bits per heavy atom. The zero-order valence-electron chi connectivity index (χ0n) is 6.16. The van der Waals surface area contributed by atoms with E-state index in [1.54, 1.807) is 11.3 Å². The van der Waals surface area contributed by atoms with E-state index in [0.717, 1.165) is 10.3 Å². The standard InChI is InChI=1S/C9H5N2S/c1-2-4-7-6(3-1)8-9(12-7)11-5-10-8/h1-4H,(H,10,11). The fourth-order valence-corrected chi connectivity index (χ4v) is 2.36. The van der Waals surface area contributed by atoms with E-state index >= 15 is 0 Å². The highest BCUT2D eigenvalue weighted by Crippen LogP contribution is 2.30. The average molecular weight is 173 g/mol. The number of aromatic amines is 1. The van der Waals surface area contributed by atoms with E-state index in [1.807, 2.05) is 12.1 Å². The Hall–Kier alpha value is -1.35. The highest BCUT2D eigenvalue weighted by Gasteiger charge is 2.04. The molecule has 0 aliphatic carbocycles. The SMILES string of the molecule is [c]1nc2sc3ccccc3c2[nH]1. The van der Waals surface area contributed by atoms with Crippen molar-refractivity contribution in [1.29, 1.82) is 0 Å². The van der Waals surface area contributed by atoms with E-state index < -0.39 is 0 Å². The molecule has 0 fully saturated rings. The maximum Gasteiger partial charge on any atom is 0.175 e. The van der Waals surface area contributed by atoms with Crippen molar-refractivity contribution in [2.24, 2.45) is 0 Å². The van der Waals surface area contributed by atoms with Crippen LogP contribution >= 0.6 is 11.3 Å². The molecule has 1 aromatic carbocycles. The summed E-state index contributed by atoms with van der Waals surface area (Å²) >= 11 is 1.69. The summed E-state index contributed by atoms with van der Waals surface area (Å²) in [5.41, 5.74) is 1.11. The molecule has 0 atom stereocenters. The number of benzene rings is 1. The van der Waals surface area contributed by atoms with Crippen molar-refractivity contribution in [2.75, 3.05) is 0 Å². The molecule has 3 rings (SSSR count). The number of rotatable bonds is 0. The van der Waals surface area contributed by atoms with Crippen LogP contribution in [0.15, 0.2) is 24.3 Å². The topological polar surface area (TPSA) is 28.7 Å². The summed E-state index contributed by atoms with van der Waals surface area (Å²) in [7, 11) is 0. The summed E-state index contributed by atoms with van der Waals surface area (Å²) in [6, 6.07) is 8.28. The lowest BCUT2D eigenvalue weighted by atomic mass is 10.2. The molecule has 0 unspecified atom stereocenters. The molecule has 0 bridgehead atoms. The first-order valence-electron chi connectivity index (χ1n) is 3.68. The van der Waals surface area contributed by atoms with Crippen LogP contribution < -0.4 is 0 Å². The normalized spacial score (nSPS) is 11.3. The Balaban J connectivity index is 2.68. The van der Waals surface area contributed by atoms with Crippen LogP contribution in [0.5, 0.6) is 0 Å². The predicted octanol–water partition coefficient (Wildman–Crippen LogP) is 2.58. The maximum absolute atomic E-state index is 4.09. The molecule has 1 N–H and O–H groups in total. The van der Waals surface area contributed by atoms with E-state index in [2.05, 4.69) is 28.4 Å². The molecule has 0 spiro atoms. The highest BCUT2D eigenvalue weighted by molar-refractivity contribution is 7.25. The van der Waals surface area contributed by atoms with Gasteiger partial charge in [0.1, 0.15) is 4.83 Å². The second-order valence-corrected chi connectivity index (χ2v) is 3.66. The minimum atomic E-state index is 1.04. The Bertz CT molecular complexity index is 534. The molecular formula is C9H5N2S. The van der Waals surface area contributed by atoms with Gasteiger partial charge in [-0.15, -0.1) is 11.3 Å². The lowest BCUT2D eigenvalue weighted by Gasteiger charge is -1.84. The lowest BCUT2D eigenvalue weighted by Crippen LogP contribution is -1.63. The van der Waals surface area contributed by atoms with E-state index in [1.165, 1.54) is 10.1 Å². The summed E-state index contributed by atoms with van der Waals surface area (Å²) in [5, 5.41) is 1.24. The van der Waals surface area contributed by atoms with Crippen molar-refractivity contribution in [3.8, 4) is 0 Å². The van der Waals surface area contributed by atoms with Gasteiger partial charge in [-0.3, -0.25) is 0 Å².